The van der Waals surface area contributed by atoms with Crippen molar-refractivity contribution in [2.75, 3.05) is 0 Å². The van der Waals surface area contributed by atoms with Gasteiger partial charge in [-0.15, -0.1) is 0 Å². The van der Waals surface area contributed by atoms with Crippen LogP contribution < -0.4 is 0 Å². The molecule has 2 heterocycles. The Hall–Kier alpha value is -6.19. The summed E-state index contributed by atoms with van der Waals surface area (Å²) in [5, 5.41) is 2.40. The van der Waals surface area contributed by atoms with Gasteiger partial charge in [-0.3, -0.25) is 4.40 Å². The summed E-state index contributed by atoms with van der Waals surface area (Å²) in [4.78, 5) is 5.24. The summed E-state index contributed by atoms with van der Waals surface area (Å²) in [6.45, 7) is 0. The minimum Gasteiger partial charge on any atom is -0.423 e. The number of hydrogen-bond donors (Lipinski definition) is 0. The van der Waals surface area contributed by atoms with Crippen molar-refractivity contribution in [2.45, 2.75) is 5.41 Å². The summed E-state index contributed by atoms with van der Waals surface area (Å²) in [6, 6.07) is 61.0. The van der Waals surface area contributed by atoms with Crippen molar-refractivity contribution < 1.29 is 4.42 Å². The molecule has 1 aliphatic rings. The lowest BCUT2D eigenvalue weighted by atomic mass is 9.67. The minimum absolute atomic E-state index is 0.487. The molecule has 0 spiro atoms. The average molecular weight is 601 g/mol. The Morgan fingerprint density at radius 3 is 1.94 bits per heavy atom. The van der Waals surface area contributed by atoms with Gasteiger partial charge >= 0.3 is 5.84 Å². The molecule has 220 valence electrons. The largest absolute Gasteiger partial charge is 0.423 e. The van der Waals surface area contributed by atoms with Crippen LogP contribution in [0.4, 0.5) is 0 Å². The van der Waals surface area contributed by atoms with E-state index in [1.807, 2.05) is 12.1 Å². The molecule has 0 radical (unpaired) electrons. The molecular formula is C44H28N2O. The van der Waals surface area contributed by atoms with Gasteiger partial charge < -0.3 is 4.42 Å². The Balaban J connectivity index is 1.29. The lowest BCUT2D eigenvalue weighted by molar-refractivity contribution is 0.642. The van der Waals surface area contributed by atoms with Crippen molar-refractivity contribution in [1.29, 1.82) is 0 Å². The van der Waals surface area contributed by atoms with Gasteiger partial charge in [0.05, 0.1) is 16.6 Å². The monoisotopic (exact) mass is 600 g/mol. The Morgan fingerprint density at radius 1 is 0.489 bits per heavy atom. The first kappa shape index (κ1) is 26.1. The molecule has 0 aliphatic heterocycles. The third-order valence-electron chi connectivity index (χ3n) is 9.91. The van der Waals surface area contributed by atoms with Crippen LogP contribution in [0.15, 0.2) is 174 Å². The number of oxazole rings is 1. The predicted molar refractivity (Wildman–Crippen MR) is 191 cm³/mol. The third kappa shape index (κ3) is 3.65. The number of nitrogens with zero attached hydrogens (tertiary/aromatic N) is 2. The van der Waals surface area contributed by atoms with Crippen LogP contribution in [0.5, 0.6) is 0 Å². The van der Waals surface area contributed by atoms with E-state index in [-0.39, 0.29) is 0 Å². The third-order valence-corrected chi connectivity index (χ3v) is 9.91. The van der Waals surface area contributed by atoms with Crippen molar-refractivity contribution in [3.05, 3.63) is 192 Å². The predicted octanol–water partition coefficient (Wildman–Crippen LogP) is 10.9. The molecule has 0 N–H and O–H groups in total. The summed E-state index contributed by atoms with van der Waals surface area (Å²) < 4.78 is 8.56. The van der Waals surface area contributed by atoms with E-state index in [4.69, 9.17) is 9.40 Å². The van der Waals surface area contributed by atoms with E-state index in [2.05, 4.69) is 162 Å². The molecule has 0 saturated heterocycles. The van der Waals surface area contributed by atoms with Crippen LogP contribution in [0.1, 0.15) is 22.3 Å². The van der Waals surface area contributed by atoms with Crippen LogP contribution in [0.2, 0.25) is 0 Å². The molecule has 10 rings (SSSR count). The molecule has 3 heteroatoms. The van der Waals surface area contributed by atoms with Gasteiger partial charge in [-0.1, -0.05) is 146 Å². The molecule has 47 heavy (non-hydrogen) atoms. The molecule has 0 fully saturated rings. The Labute approximate surface area is 272 Å². The lowest BCUT2D eigenvalue weighted by Crippen LogP contribution is -2.28. The SMILES string of the molecule is c1ccc(C2(c3ccccc3)c3ccccc3-c3ccc(-c4nc5oc6ccccc6n5c4-c4ccc5ccccc5c4)cc32)cc1. The van der Waals surface area contributed by atoms with Crippen molar-refractivity contribution in [3.8, 4) is 33.6 Å². The van der Waals surface area contributed by atoms with Crippen molar-refractivity contribution in [3.63, 3.8) is 0 Å². The highest BCUT2D eigenvalue weighted by molar-refractivity contribution is 5.94. The average Bonchev–Trinajstić information content (AvgIpc) is 3.79. The van der Waals surface area contributed by atoms with E-state index in [0.29, 0.717) is 5.84 Å². The first-order valence-electron chi connectivity index (χ1n) is 16.1. The van der Waals surface area contributed by atoms with Crippen molar-refractivity contribution in [2.24, 2.45) is 0 Å². The molecule has 0 bridgehead atoms. The highest BCUT2D eigenvalue weighted by atomic mass is 16.4. The van der Waals surface area contributed by atoms with Crippen molar-refractivity contribution >= 4 is 27.7 Å². The van der Waals surface area contributed by atoms with Crippen molar-refractivity contribution in [1.82, 2.24) is 9.38 Å². The highest BCUT2D eigenvalue weighted by Crippen LogP contribution is 2.57. The number of hydrogen-bond acceptors (Lipinski definition) is 2. The summed E-state index contributed by atoms with van der Waals surface area (Å²) in [7, 11) is 0. The number of aromatic nitrogens is 2. The lowest BCUT2D eigenvalue weighted by Gasteiger charge is -2.34. The maximum atomic E-state index is 6.38. The smallest absolute Gasteiger partial charge is 0.307 e. The number of fused-ring (bicyclic) bond motifs is 7. The molecule has 0 saturated carbocycles. The van der Waals surface area contributed by atoms with Crippen LogP contribution >= 0.6 is 0 Å². The van der Waals surface area contributed by atoms with Gasteiger partial charge in [0.25, 0.3) is 0 Å². The normalized spacial score (nSPS) is 13.3. The second kappa shape index (κ2) is 9.90. The Bertz CT molecular complexity index is 2590. The molecule has 3 nitrogen and oxygen atoms in total. The van der Waals surface area contributed by atoms with Gasteiger partial charge in [-0.2, -0.15) is 4.98 Å². The summed E-state index contributed by atoms with van der Waals surface area (Å²) >= 11 is 0. The number of para-hydroxylation sites is 2. The first-order valence-corrected chi connectivity index (χ1v) is 16.1. The zero-order chi connectivity index (χ0) is 31.0. The van der Waals surface area contributed by atoms with Crippen LogP contribution in [-0.4, -0.2) is 9.38 Å². The summed E-state index contributed by atoms with van der Waals surface area (Å²) in [6.07, 6.45) is 0. The molecule has 7 aromatic carbocycles. The zero-order valence-corrected chi connectivity index (χ0v) is 25.5. The first-order chi connectivity index (χ1) is 23.3. The molecule has 0 unspecified atom stereocenters. The molecule has 1 aliphatic carbocycles. The zero-order valence-electron chi connectivity index (χ0n) is 25.5. The molecular weight excluding hydrogens is 572 g/mol. The van der Waals surface area contributed by atoms with Gasteiger partial charge in [-0.05, 0) is 68.4 Å². The highest BCUT2D eigenvalue weighted by Gasteiger charge is 2.46. The van der Waals surface area contributed by atoms with E-state index in [1.54, 1.807) is 0 Å². The summed E-state index contributed by atoms with van der Waals surface area (Å²) in [5.74, 6) is 0.588. The standard InChI is InChI=1S/C44H28N2O/c1-3-15-33(16-4-1)44(34-17-5-2-6-18-34)37-20-10-9-19-35(37)36-26-25-31(28-38(36)44)41-42(32-24-23-29-13-7-8-14-30(29)27-32)46-39-21-11-12-22-40(39)47-43(46)45-41/h1-28H. The topological polar surface area (TPSA) is 30.4 Å². The number of benzene rings is 7. The van der Waals surface area contributed by atoms with Gasteiger partial charge in [0.15, 0.2) is 5.58 Å². The minimum atomic E-state index is -0.487. The van der Waals surface area contributed by atoms with Crippen LogP contribution in [0, 0.1) is 0 Å². The van der Waals surface area contributed by atoms with Gasteiger partial charge in [0.2, 0.25) is 0 Å². The number of rotatable bonds is 4. The van der Waals surface area contributed by atoms with Gasteiger partial charge in [0.1, 0.15) is 5.69 Å². The maximum Gasteiger partial charge on any atom is 0.307 e. The molecule has 9 aromatic rings. The number of imidazole rings is 1. The molecule has 2 aromatic heterocycles. The fourth-order valence-corrected chi connectivity index (χ4v) is 7.91. The molecule has 0 atom stereocenters. The quantitative estimate of drug-likeness (QED) is 0.201. The van der Waals surface area contributed by atoms with E-state index < -0.39 is 5.41 Å². The Morgan fingerprint density at radius 2 is 1.13 bits per heavy atom. The van der Waals surface area contributed by atoms with E-state index in [1.165, 1.54) is 44.2 Å². The summed E-state index contributed by atoms with van der Waals surface area (Å²) in [5.41, 5.74) is 13.0. The fourth-order valence-electron chi connectivity index (χ4n) is 7.91. The fraction of sp³-hybridized carbons (Fsp3) is 0.0227. The van der Waals surface area contributed by atoms with E-state index in [0.717, 1.165) is 33.6 Å². The maximum absolute atomic E-state index is 6.38. The van der Waals surface area contributed by atoms with E-state index >= 15 is 0 Å². The van der Waals surface area contributed by atoms with Crippen LogP contribution in [0.25, 0.3) is 61.4 Å². The second-order valence-electron chi connectivity index (χ2n) is 12.3. The van der Waals surface area contributed by atoms with Gasteiger partial charge in [-0.25, -0.2) is 0 Å². The Kier molecular flexibility index (Phi) is 5.49. The van der Waals surface area contributed by atoms with Crippen LogP contribution in [-0.2, 0) is 5.41 Å². The second-order valence-corrected chi connectivity index (χ2v) is 12.3. The molecule has 0 amide bonds. The van der Waals surface area contributed by atoms with Gasteiger partial charge in [0, 0.05) is 11.1 Å². The van der Waals surface area contributed by atoms with Crippen LogP contribution in [0.3, 0.4) is 0 Å². The van der Waals surface area contributed by atoms with E-state index in [9.17, 15) is 0 Å².